The van der Waals surface area contributed by atoms with Crippen LogP contribution >= 0.6 is 0 Å². The SMILES string of the molecule is Fc1cc(CNC2CC2)ccc1-n1ccc(C2CC2)n1. The molecule has 2 saturated carbocycles. The highest BCUT2D eigenvalue weighted by molar-refractivity contribution is 5.36. The van der Waals surface area contributed by atoms with Crippen LogP contribution in [-0.2, 0) is 6.54 Å². The lowest BCUT2D eigenvalue weighted by Crippen LogP contribution is -2.15. The summed E-state index contributed by atoms with van der Waals surface area (Å²) in [5.41, 5.74) is 2.61. The largest absolute Gasteiger partial charge is 0.310 e. The first-order valence-electron chi connectivity index (χ1n) is 7.37. The molecule has 4 heteroatoms. The van der Waals surface area contributed by atoms with Gasteiger partial charge in [0, 0.05) is 24.7 Å². The van der Waals surface area contributed by atoms with Gasteiger partial charge in [0.05, 0.1) is 5.69 Å². The van der Waals surface area contributed by atoms with E-state index >= 15 is 0 Å². The van der Waals surface area contributed by atoms with E-state index in [-0.39, 0.29) is 5.82 Å². The van der Waals surface area contributed by atoms with E-state index in [0.29, 0.717) is 17.6 Å². The molecule has 2 aliphatic carbocycles. The third kappa shape index (κ3) is 2.48. The predicted molar refractivity (Wildman–Crippen MR) is 75.4 cm³/mol. The smallest absolute Gasteiger partial charge is 0.149 e. The van der Waals surface area contributed by atoms with Gasteiger partial charge in [0.2, 0.25) is 0 Å². The van der Waals surface area contributed by atoms with Crippen molar-refractivity contribution >= 4 is 0 Å². The summed E-state index contributed by atoms with van der Waals surface area (Å²) in [7, 11) is 0. The third-order valence-electron chi connectivity index (χ3n) is 4.04. The second kappa shape index (κ2) is 4.70. The van der Waals surface area contributed by atoms with Gasteiger partial charge in [-0.15, -0.1) is 0 Å². The van der Waals surface area contributed by atoms with E-state index in [0.717, 1.165) is 17.8 Å². The lowest BCUT2D eigenvalue weighted by atomic mass is 10.2. The van der Waals surface area contributed by atoms with Crippen molar-refractivity contribution in [2.24, 2.45) is 0 Å². The van der Waals surface area contributed by atoms with Crippen LogP contribution in [0.1, 0.15) is 42.9 Å². The molecule has 0 amide bonds. The van der Waals surface area contributed by atoms with Crippen molar-refractivity contribution < 1.29 is 4.39 Å². The average molecular weight is 271 g/mol. The lowest BCUT2D eigenvalue weighted by Gasteiger charge is -2.07. The molecule has 0 spiro atoms. The van der Waals surface area contributed by atoms with Crippen molar-refractivity contribution in [3.05, 3.63) is 47.5 Å². The molecule has 4 rings (SSSR count). The molecule has 0 bridgehead atoms. The molecule has 2 aromatic rings. The number of nitrogens with one attached hydrogen (secondary N) is 1. The van der Waals surface area contributed by atoms with Crippen molar-refractivity contribution in [2.75, 3.05) is 0 Å². The fourth-order valence-corrected chi connectivity index (χ4v) is 2.46. The third-order valence-corrected chi connectivity index (χ3v) is 4.04. The molecule has 3 nitrogen and oxygen atoms in total. The summed E-state index contributed by atoms with van der Waals surface area (Å²) in [5.74, 6) is 0.395. The van der Waals surface area contributed by atoms with Crippen LogP contribution in [0, 0.1) is 5.82 Å². The van der Waals surface area contributed by atoms with Gasteiger partial charge >= 0.3 is 0 Å². The zero-order valence-corrected chi connectivity index (χ0v) is 11.3. The molecule has 1 aromatic carbocycles. The number of hydrogen-bond donors (Lipinski definition) is 1. The Morgan fingerprint density at radius 3 is 2.75 bits per heavy atom. The summed E-state index contributed by atoms with van der Waals surface area (Å²) in [6, 6.07) is 8.06. The number of rotatable bonds is 5. The van der Waals surface area contributed by atoms with E-state index in [1.807, 2.05) is 24.4 Å². The molecule has 0 saturated heterocycles. The Morgan fingerprint density at radius 2 is 2.05 bits per heavy atom. The Morgan fingerprint density at radius 1 is 1.20 bits per heavy atom. The van der Waals surface area contributed by atoms with Gasteiger partial charge in [0.1, 0.15) is 11.5 Å². The second-order valence-corrected chi connectivity index (χ2v) is 5.90. The molecule has 1 N–H and O–H groups in total. The number of nitrogens with zero attached hydrogens (tertiary/aromatic N) is 2. The molecule has 0 atom stereocenters. The minimum absolute atomic E-state index is 0.203. The summed E-state index contributed by atoms with van der Waals surface area (Å²) in [6.45, 7) is 0.744. The van der Waals surface area contributed by atoms with Gasteiger partial charge < -0.3 is 5.32 Å². The summed E-state index contributed by atoms with van der Waals surface area (Å²) < 4.78 is 15.9. The predicted octanol–water partition coefficient (Wildman–Crippen LogP) is 3.14. The molecule has 0 radical (unpaired) electrons. The molecule has 1 aromatic heterocycles. The fourth-order valence-electron chi connectivity index (χ4n) is 2.46. The zero-order valence-electron chi connectivity index (χ0n) is 11.3. The molecular formula is C16H18FN3. The van der Waals surface area contributed by atoms with Gasteiger partial charge in [-0.25, -0.2) is 9.07 Å². The highest BCUT2D eigenvalue weighted by Crippen LogP contribution is 2.39. The van der Waals surface area contributed by atoms with Crippen LogP contribution in [0.2, 0.25) is 0 Å². The Labute approximate surface area is 117 Å². The van der Waals surface area contributed by atoms with Crippen LogP contribution < -0.4 is 5.32 Å². The minimum Gasteiger partial charge on any atom is -0.310 e. The van der Waals surface area contributed by atoms with Gasteiger partial charge in [0.25, 0.3) is 0 Å². The molecular weight excluding hydrogens is 253 g/mol. The van der Waals surface area contributed by atoms with Crippen LogP contribution in [0.25, 0.3) is 5.69 Å². The lowest BCUT2D eigenvalue weighted by molar-refractivity contribution is 0.603. The highest BCUT2D eigenvalue weighted by atomic mass is 19.1. The maximum Gasteiger partial charge on any atom is 0.149 e. The van der Waals surface area contributed by atoms with Crippen molar-refractivity contribution in [1.29, 1.82) is 0 Å². The Bertz CT molecular complexity index is 626. The molecule has 104 valence electrons. The summed E-state index contributed by atoms with van der Waals surface area (Å²) in [6.07, 6.45) is 6.78. The van der Waals surface area contributed by atoms with Crippen molar-refractivity contribution in [3.63, 3.8) is 0 Å². The van der Waals surface area contributed by atoms with Crippen LogP contribution in [0.15, 0.2) is 30.5 Å². The standard InChI is InChI=1S/C16H18FN3/c17-14-9-11(10-18-13-4-5-13)1-6-16(14)20-8-7-15(19-20)12-2-3-12/h1,6-9,12-13,18H,2-5,10H2. The first-order valence-corrected chi connectivity index (χ1v) is 7.37. The first-order chi connectivity index (χ1) is 9.79. The number of hydrogen-bond acceptors (Lipinski definition) is 2. The molecule has 2 aliphatic rings. The van der Waals surface area contributed by atoms with Crippen molar-refractivity contribution in [2.45, 2.75) is 44.2 Å². The maximum atomic E-state index is 14.2. The van der Waals surface area contributed by atoms with Gasteiger partial charge in [-0.2, -0.15) is 5.10 Å². The molecule has 0 unspecified atom stereocenters. The Balaban J connectivity index is 1.53. The minimum atomic E-state index is -0.203. The molecule has 0 aliphatic heterocycles. The second-order valence-electron chi connectivity index (χ2n) is 5.90. The molecule has 2 fully saturated rings. The van der Waals surface area contributed by atoms with E-state index in [1.54, 1.807) is 10.7 Å². The van der Waals surface area contributed by atoms with Crippen molar-refractivity contribution in [3.8, 4) is 5.69 Å². The van der Waals surface area contributed by atoms with E-state index in [4.69, 9.17) is 0 Å². The van der Waals surface area contributed by atoms with Gasteiger partial charge in [-0.1, -0.05) is 6.07 Å². The van der Waals surface area contributed by atoms with Crippen LogP contribution in [0.5, 0.6) is 0 Å². The normalized spacial score (nSPS) is 18.4. The Kier molecular flexibility index (Phi) is 2.84. The maximum absolute atomic E-state index is 14.2. The van der Waals surface area contributed by atoms with Crippen LogP contribution in [-0.4, -0.2) is 15.8 Å². The van der Waals surface area contributed by atoms with E-state index in [2.05, 4.69) is 10.4 Å². The quantitative estimate of drug-likeness (QED) is 0.905. The summed E-state index contributed by atoms with van der Waals surface area (Å²) >= 11 is 0. The van der Waals surface area contributed by atoms with Gasteiger partial charge in [0.15, 0.2) is 0 Å². The average Bonchev–Trinajstić information content (AvgIpc) is 3.37. The van der Waals surface area contributed by atoms with Gasteiger partial charge in [-0.05, 0) is 49.4 Å². The topological polar surface area (TPSA) is 29.9 Å². The number of benzene rings is 1. The number of halogens is 1. The summed E-state index contributed by atoms with van der Waals surface area (Å²) in [5, 5.41) is 7.88. The first kappa shape index (κ1) is 12.1. The van der Waals surface area contributed by atoms with Crippen molar-refractivity contribution in [1.82, 2.24) is 15.1 Å². The van der Waals surface area contributed by atoms with Crippen LogP contribution in [0.4, 0.5) is 4.39 Å². The Hall–Kier alpha value is -1.68. The fraction of sp³-hybridized carbons (Fsp3) is 0.438. The zero-order chi connectivity index (χ0) is 13.5. The van der Waals surface area contributed by atoms with Gasteiger partial charge in [-0.3, -0.25) is 0 Å². The monoisotopic (exact) mass is 271 g/mol. The summed E-state index contributed by atoms with van der Waals surface area (Å²) in [4.78, 5) is 0. The van der Waals surface area contributed by atoms with Crippen LogP contribution in [0.3, 0.4) is 0 Å². The highest BCUT2D eigenvalue weighted by Gasteiger charge is 2.26. The van der Waals surface area contributed by atoms with E-state index < -0.39 is 0 Å². The molecule has 1 heterocycles. The van der Waals surface area contributed by atoms with E-state index in [9.17, 15) is 4.39 Å². The number of aromatic nitrogens is 2. The van der Waals surface area contributed by atoms with E-state index in [1.165, 1.54) is 25.7 Å². The molecule has 20 heavy (non-hydrogen) atoms.